The summed E-state index contributed by atoms with van der Waals surface area (Å²) in [6.45, 7) is 24.6. The minimum absolute atomic E-state index is 0.0259. The molecule has 386 valence electrons. The van der Waals surface area contributed by atoms with Crippen LogP contribution in [0.5, 0.6) is 5.75 Å². The zero-order chi connectivity index (χ0) is 52.5. The van der Waals surface area contributed by atoms with Gasteiger partial charge >= 0.3 is 0 Å². The first kappa shape index (κ1) is 54.1. The molecule has 3 aliphatic rings. The number of carbonyl (C=O) groups excluding carboxylic acids is 4. The van der Waals surface area contributed by atoms with E-state index in [1.807, 2.05) is 84.3 Å². The molecule has 1 saturated carbocycles. The number of aliphatic hydroxyl groups is 1. The highest BCUT2D eigenvalue weighted by molar-refractivity contribution is 7.13. The maximum Gasteiger partial charge on any atom is 0.253 e. The molecule has 18 heteroatoms. The van der Waals surface area contributed by atoms with E-state index >= 15 is 0 Å². The first-order valence-electron chi connectivity index (χ1n) is 24.6. The fourth-order valence-corrected chi connectivity index (χ4v) is 11.7. The molecule has 7 rings (SSSR count). The summed E-state index contributed by atoms with van der Waals surface area (Å²) in [5, 5.41) is 29.5. The molecule has 2 aromatic heterocycles. The van der Waals surface area contributed by atoms with Gasteiger partial charge in [-0.1, -0.05) is 84.3 Å². The molecule has 1 unspecified atom stereocenters. The number of pyridine rings is 1. The Bertz CT molecular complexity index is 2640. The largest absolute Gasteiger partial charge is 0.489 e. The lowest BCUT2D eigenvalue weighted by Gasteiger charge is -2.63. The van der Waals surface area contributed by atoms with Crippen LogP contribution in [0.15, 0.2) is 66.3 Å². The molecule has 0 spiro atoms. The summed E-state index contributed by atoms with van der Waals surface area (Å²) in [6.07, 6.45) is 0.583. The van der Waals surface area contributed by atoms with Crippen LogP contribution in [0.4, 0.5) is 5.82 Å². The molecule has 3 fully saturated rings. The van der Waals surface area contributed by atoms with E-state index in [2.05, 4.69) is 69.5 Å². The molecular weight excluding hydrogens is 954 g/mol. The van der Waals surface area contributed by atoms with Gasteiger partial charge in [-0.15, -0.1) is 11.3 Å². The molecular formula is C54H70ClN9O7S. The zero-order valence-electron chi connectivity index (χ0n) is 43.3. The van der Waals surface area contributed by atoms with Crippen LogP contribution in [-0.4, -0.2) is 130 Å². The average Bonchev–Trinajstić information content (AvgIpc) is 3.95. The second kappa shape index (κ2) is 21.4. The van der Waals surface area contributed by atoms with Gasteiger partial charge in [0.15, 0.2) is 0 Å². The van der Waals surface area contributed by atoms with Crippen molar-refractivity contribution < 1.29 is 33.8 Å². The van der Waals surface area contributed by atoms with Crippen LogP contribution in [0.3, 0.4) is 0 Å². The number of β-amino-alcohol motifs (C(OH)–C–C–N with tert-alkyl or cyclic N) is 1. The van der Waals surface area contributed by atoms with Crippen LogP contribution >= 0.6 is 22.9 Å². The number of amides is 4. The Kier molecular flexibility index (Phi) is 16.1. The number of thiazole rings is 1. The Hall–Kier alpha value is -5.64. The average molecular weight is 1020 g/mol. The van der Waals surface area contributed by atoms with E-state index in [-0.39, 0.29) is 49.6 Å². The molecule has 4 atom stereocenters. The van der Waals surface area contributed by atoms with Crippen LogP contribution < -0.4 is 25.6 Å². The molecule has 2 aliphatic heterocycles. The molecule has 4 aromatic rings. The summed E-state index contributed by atoms with van der Waals surface area (Å²) < 4.78 is 12.6. The maximum atomic E-state index is 14.3. The number of aliphatic hydroxyl groups excluding tert-OH is 1. The highest BCUT2D eigenvalue weighted by Crippen LogP contribution is 2.55. The topological polar surface area (TPSA) is 202 Å². The van der Waals surface area contributed by atoms with Crippen molar-refractivity contribution in [2.45, 2.75) is 125 Å². The summed E-state index contributed by atoms with van der Waals surface area (Å²) in [7, 11) is 0. The van der Waals surface area contributed by atoms with E-state index in [0.717, 1.165) is 40.6 Å². The van der Waals surface area contributed by atoms with Gasteiger partial charge in [0, 0.05) is 74.8 Å². The van der Waals surface area contributed by atoms with Gasteiger partial charge in [0.1, 0.15) is 42.4 Å². The van der Waals surface area contributed by atoms with Crippen LogP contribution in [0, 0.1) is 34.5 Å². The standard InChI is InChI=1S/C54H70ClN9O7S/c1-32(34-12-14-35(15-13-34)44-33(2)58-31-72-44)59-47(68)41-24-38(65)28-64(41)48(69)45(51(3,4)5)60-43(66)29-70-52(6,7)30-62-20-22-63(23-21-62)42-19-17-37(27-57-42)46(67)61-49-53(8,9)50(54(49,10)11)71-39-18-16-36(26-56)40(55)25-39/h12-19,25,27,31-32,38,41,45,49-50,65H,20-24,28-30H2,1-11H3,(H,59,68)(H,60,66)(H,61,67)/t32-,38+,41-,45?,49?,50?/m0/s1. The van der Waals surface area contributed by atoms with Crippen molar-refractivity contribution in [3.63, 3.8) is 0 Å². The van der Waals surface area contributed by atoms with E-state index in [0.29, 0.717) is 41.5 Å². The van der Waals surface area contributed by atoms with Gasteiger partial charge in [-0.25, -0.2) is 9.97 Å². The predicted molar refractivity (Wildman–Crippen MR) is 279 cm³/mol. The van der Waals surface area contributed by atoms with Gasteiger partial charge in [0.05, 0.1) is 50.0 Å². The van der Waals surface area contributed by atoms with Crippen molar-refractivity contribution in [1.82, 2.24) is 35.7 Å². The molecule has 0 radical (unpaired) electrons. The van der Waals surface area contributed by atoms with Crippen molar-refractivity contribution in [3.8, 4) is 22.3 Å². The van der Waals surface area contributed by atoms with E-state index in [4.69, 9.17) is 21.1 Å². The van der Waals surface area contributed by atoms with Crippen LogP contribution in [0.2, 0.25) is 5.02 Å². The number of aryl methyl sites for hydroxylation is 1. The molecule has 16 nitrogen and oxygen atoms in total. The number of halogens is 1. The number of benzene rings is 2. The van der Waals surface area contributed by atoms with Gasteiger partial charge in [0.2, 0.25) is 17.7 Å². The number of nitrogens with one attached hydrogen (secondary N) is 3. The van der Waals surface area contributed by atoms with Gasteiger partial charge in [0.25, 0.3) is 5.91 Å². The number of likely N-dealkylation sites (tertiary alicyclic amines) is 1. The fourth-order valence-electron chi connectivity index (χ4n) is 10.7. The molecule has 72 heavy (non-hydrogen) atoms. The number of piperazine rings is 1. The molecule has 4 amide bonds. The van der Waals surface area contributed by atoms with Crippen LogP contribution in [-0.2, 0) is 19.1 Å². The number of nitriles is 1. The second-order valence-corrected chi connectivity index (χ2v) is 23.7. The Balaban J connectivity index is 0.862. The summed E-state index contributed by atoms with van der Waals surface area (Å²) >= 11 is 7.84. The summed E-state index contributed by atoms with van der Waals surface area (Å²) in [5.74, 6) is -0.144. The Morgan fingerprint density at radius 2 is 1.64 bits per heavy atom. The van der Waals surface area contributed by atoms with E-state index in [9.17, 15) is 29.5 Å². The van der Waals surface area contributed by atoms with E-state index in [1.54, 1.807) is 41.8 Å². The van der Waals surface area contributed by atoms with Crippen molar-refractivity contribution in [1.29, 1.82) is 5.26 Å². The van der Waals surface area contributed by atoms with Gasteiger partial charge in [-0.05, 0) is 68.5 Å². The van der Waals surface area contributed by atoms with Crippen LogP contribution in [0.1, 0.15) is 109 Å². The lowest BCUT2D eigenvalue weighted by Crippen LogP contribution is -2.74. The molecule has 4 N–H and O–H groups in total. The van der Waals surface area contributed by atoms with Crippen LogP contribution in [0.25, 0.3) is 10.4 Å². The predicted octanol–water partition coefficient (Wildman–Crippen LogP) is 6.94. The Labute approximate surface area is 432 Å². The number of hydrogen-bond acceptors (Lipinski definition) is 13. The molecule has 0 bridgehead atoms. The van der Waals surface area contributed by atoms with E-state index < -0.39 is 51.8 Å². The number of hydrogen-bond donors (Lipinski definition) is 4. The summed E-state index contributed by atoms with van der Waals surface area (Å²) in [4.78, 5) is 71.1. The van der Waals surface area contributed by atoms with E-state index in [1.165, 1.54) is 4.90 Å². The third kappa shape index (κ3) is 12.1. The van der Waals surface area contributed by atoms with Gasteiger partial charge in [-0.3, -0.25) is 24.1 Å². The van der Waals surface area contributed by atoms with Gasteiger partial charge < -0.3 is 40.3 Å². The number of rotatable bonds is 16. The van der Waals surface area contributed by atoms with Crippen molar-refractivity contribution in [3.05, 3.63) is 93.7 Å². The third-order valence-electron chi connectivity index (χ3n) is 14.4. The number of anilines is 1. The van der Waals surface area contributed by atoms with Gasteiger partial charge in [-0.2, -0.15) is 5.26 Å². The first-order chi connectivity index (χ1) is 33.8. The number of nitrogens with zero attached hydrogens (tertiary/aromatic N) is 6. The quantitative estimate of drug-likeness (QED) is 0.0903. The summed E-state index contributed by atoms with van der Waals surface area (Å²) in [6, 6.07) is 16.3. The zero-order valence-corrected chi connectivity index (χ0v) is 44.9. The normalized spacial score (nSPS) is 21.7. The van der Waals surface area contributed by atoms with Crippen molar-refractivity contribution >= 4 is 52.4 Å². The molecule has 2 aromatic carbocycles. The Morgan fingerprint density at radius 3 is 2.22 bits per heavy atom. The fraction of sp³-hybridized carbons (Fsp3) is 0.537. The Morgan fingerprint density at radius 1 is 0.958 bits per heavy atom. The number of aromatic nitrogens is 2. The second-order valence-electron chi connectivity index (χ2n) is 22.4. The first-order valence-corrected chi connectivity index (χ1v) is 25.9. The maximum absolute atomic E-state index is 14.3. The number of carbonyl (C=O) groups is 4. The SMILES string of the molecule is Cc1ncsc1-c1ccc([C@H](C)NC(=O)[C@@H]2C[C@@H](O)CN2C(=O)C(NC(=O)COC(C)(C)CN2CCN(c3ccc(C(=O)NC4C(C)(C)C(Oc5ccc(C#N)c(Cl)c5)C4(C)C)cn3)CC2)C(C)(C)C)cc1. The summed E-state index contributed by atoms with van der Waals surface area (Å²) in [5.41, 5.74) is 3.32. The van der Waals surface area contributed by atoms with Crippen molar-refractivity contribution in [2.75, 3.05) is 50.8 Å². The molecule has 4 heterocycles. The monoisotopic (exact) mass is 1020 g/mol. The minimum atomic E-state index is -0.986. The minimum Gasteiger partial charge on any atom is -0.489 e. The lowest BCUT2D eigenvalue weighted by atomic mass is 9.49. The smallest absolute Gasteiger partial charge is 0.253 e. The lowest BCUT2D eigenvalue weighted by molar-refractivity contribution is -0.164. The third-order valence-corrected chi connectivity index (χ3v) is 15.7. The highest BCUT2D eigenvalue weighted by atomic mass is 35.5. The molecule has 2 saturated heterocycles. The highest BCUT2D eigenvalue weighted by Gasteiger charge is 2.64. The van der Waals surface area contributed by atoms with Crippen molar-refractivity contribution in [2.24, 2.45) is 16.2 Å². The number of ether oxygens (including phenoxy) is 2. The molecule has 1 aliphatic carbocycles.